The Hall–Kier alpha value is -1.81. The number of hydrogen-bond donors (Lipinski definition) is 2. The van der Waals surface area contributed by atoms with E-state index in [-0.39, 0.29) is 12.3 Å². The lowest BCUT2D eigenvalue weighted by Crippen LogP contribution is -2.16. The van der Waals surface area contributed by atoms with Gasteiger partial charge in [-0.3, -0.25) is 4.79 Å². The monoisotopic (exact) mass is 332 g/mol. The summed E-state index contributed by atoms with van der Waals surface area (Å²) in [7, 11) is 0. The number of carbonyl (C=O) groups excluding carboxylic acids is 1. The molecule has 3 N–H and O–H groups in total. The van der Waals surface area contributed by atoms with Crippen LogP contribution in [0.5, 0.6) is 0 Å². The highest BCUT2D eigenvalue weighted by atomic mass is 79.9. The second-order valence-corrected chi connectivity index (χ2v) is 5.72. The van der Waals surface area contributed by atoms with Crippen LogP contribution in [-0.4, -0.2) is 5.91 Å². The summed E-state index contributed by atoms with van der Waals surface area (Å²) in [6.45, 7) is 4.00. The topological polar surface area (TPSA) is 55.1 Å². The van der Waals surface area contributed by atoms with E-state index in [1.165, 1.54) is 0 Å². The predicted molar refractivity (Wildman–Crippen MR) is 86.8 cm³/mol. The van der Waals surface area contributed by atoms with Gasteiger partial charge in [-0.25, -0.2) is 0 Å². The Morgan fingerprint density at radius 3 is 2.60 bits per heavy atom. The highest BCUT2D eigenvalue weighted by Gasteiger charge is 2.11. The minimum atomic E-state index is -0.0736. The highest BCUT2D eigenvalue weighted by molar-refractivity contribution is 9.10. The van der Waals surface area contributed by atoms with Gasteiger partial charge >= 0.3 is 0 Å². The first kappa shape index (κ1) is 14.6. The summed E-state index contributed by atoms with van der Waals surface area (Å²) in [5.41, 5.74) is 10.3. The standard InChI is InChI=1S/C16H17BrN2O/c1-10-7-11(2)16(13(17)8-10)19-15(20)9-12-5-3-4-6-14(12)18/h3-8H,9,18H2,1-2H3,(H,19,20). The third kappa shape index (κ3) is 3.39. The molecule has 104 valence electrons. The summed E-state index contributed by atoms with van der Waals surface area (Å²) >= 11 is 3.49. The summed E-state index contributed by atoms with van der Waals surface area (Å²) in [6, 6.07) is 11.4. The summed E-state index contributed by atoms with van der Waals surface area (Å²) in [5, 5.41) is 2.94. The van der Waals surface area contributed by atoms with E-state index in [0.29, 0.717) is 5.69 Å². The van der Waals surface area contributed by atoms with Crippen molar-refractivity contribution in [3.63, 3.8) is 0 Å². The van der Waals surface area contributed by atoms with Gasteiger partial charge in [-0.05, 0) is 58.6 Å². The second-order valence-electron chi connectivity index (χ2n) is 4.86. The zero-order valence-electron chi connectivity index (χ0n) is 11.5. The number of amides is 1. The van der Waals surface area contributed by atoms with Crippen LogP contribution in [0.4, 0.5) is 11.4 Å². The molecule has 0 heterocycles. The number of hydrogen-bond acceptors (Lipinski definition) is 2. The molecule has 0 atom stereocenters. The third-order valence-corrected chi connectivity index (χ3v) is 3.73. The van der Waals surface area contributed by atoms with Crippen LogP contribution in [0.15, 0.2) is 40.9 Å². The van der Waals surface area contributed by atoms with Crippen LogP contribution >= 0.6 is 15.9 Å². The van der Waals surface area contributed by atoms with Crippen LogP contribution < -0.4 is 11.1 Å². The zero-order chi connectivity index (χ0) is 14.7. The molecule has 0 radical (unpaired) electrons. The lowest BCUT2D eigenvalue weighted by Gasteiger charge is -2.12. The van der Waals surface area contributed by atoms with Crippen LogP contribution in [0, 0.1) is 13.8 Å². The van der Waals surface area contributed by atoms with E-state index in [1.54, 1.807) is 6.07 Å². The molecule has 0 aromatic heterocycles. The van der Waals surface area contributed by atoms with Crippen molar-refractivity contribution in [2.45, 2.75) is 20.3 Å². The molecule has 2 aromatic rings. The number of anilines is 2. The van der Waals surface area contributed by atoms with Gasteiger partial charge in [-0.15, -0.1) is 0 Å². The summed E-state index contributed by atoms with van der Waals surface area (Å²) < 4.78 is 0.893. The summed E-state index contributed by atoms with van der Waals surface area (Å²) in [4.78, 5) is 12.1. The smallest absolute Gasteiger partial charge is 0.228 e. The molecule has 0 fully saturated rings. The van der Waals surface area contributed by atoms with Crippen molar-refractivity contribution in [1.29, 1.82) is 0 Å². The van der Waals surface area contributed by atoms with E-state index in [4.69, 9.17) is 5.73 Å². The van der Waals surface area contributed by atoms with Crippen molar-refractivity contribution in [3.8, 4) is 0 Å². The number of carbonyl (C=O) groups is 1. The van der Waals surface area contributed by atoms with E-state index in [0.717, 1.165) is 26.9 Å². The fraction of sp³-hybridized carbons (Fsp3) is 0.188. The largest absolute Gasteiger partial charge is 0.398 e. The van der Waals surface area contributed by atoms with Crippen LogP contribution in [0.2, 0.25) is 0 Å². The Morgan fingerprint density at radius 2 is 1.95 bits per heavy atom. The number of nitrogen functional groups attached to an aromatic ring is 1. The number of rotatable bonds is 3. The molecular formula is C16H17BrN2O. The Labute approximate surface area is 127 Å². The summed E-state index contributed by atoms with van der Waals surface area (Å²) in [6.07, 6.45) is 0.270. The maximum atomic E-state index is 12.1. The molecule has 0 unspecified atom stereocenters. The van der Waals surface area contributed by atoms with Gasteiger partial charge in [0.15, 0.2) is 0 Å². The first-order chi connectivity index (χ1) is 9.47. The molecule has 0 aliphatic heterocycles. The second kappa shape index (κ2) is 6.09. The molecular weight excluding hydrogens is 316 g/mol. The Kier molecular flexibility index (Phi) is 4.45. The average molecular weight is 333 g/mol. The van der Waals surface area contributed by atoms with E-state index in [1.807, 2.05) is 44.2 Å². The number of aryl methyl sites for hydroxylation is 2. The number of benzene rings is 2. The van der Waals surface area contributed by atoms with Crippen molar-refractivity contribution >= 4 is 33.2 Å². The molecule has 0 saturated carbocycles. The van der Waals surface area contributed by atoms with Crippen LogP contribution in [0.25, 0.3) is 0 Å². The highest BCUT2D eigenvalue weighted by Crippen LogP contribution is 2.28. The number of nitrogens with one attached hydrogen (secondary N) is 1. The maximum absolute atomic E-state index is 12.1. The summed E-state index contributed by atoms with van der Waals surface area (Å²) in [5.74, 6) is -0.0736. The van der Waals surface area contributed by atoms with E-state index in [2.05, 4.69) is 21.2 Å². The fourth-order valence-corrected chi connectivity index (χ4v) is 2.90. The number of halogens is 1. The van der Waals surface area contributed by atoms with E-state index in [9.17, 15) is 4.79 Å². The van der Waals surface area contributed by atoms with Gasteiger partial charge in [0.25, 0.3) is 0 Å². The van der Waals surface area contributed by atoms with Gasteiger partial charge in [-0.1, -0.05) is 24.3 Å². The first-order valence-electron chi connectivity index (χ1n) is 6.37. The molecule has 2 aromatic carbocycles. The molecule has 0 bridgehead atoms. The minimum absolute atomic E-state index is 0.0736. The van der Waals surface area contributed by atoms with Crippen molar-refractivity contribution in [2.24, 2.45) is 0 Å². The average Bonchev–Trinajstić information content (AvgIpc) is 2.36. The van der Waals surface area contributed by atoms with Gasteiger partial charge in [0, 0.05) is 10.2 Å². The lowest BCUT2D eigenvalue weighted by molar-refractivity contribution is -0.115. The molecule has 20 heavy (non-hydrogen) atoms. The number of nitrogens with two attached hydrogens (primary N) is 1. The maximum Gasteiger partial charge on any atom is 0.228 e. The van der Waals surface area contributed by atoms with Crippen molar-refractivity contribution in [3.05, 3.63) is 57.6 Å². The van der Waals surface area contributed by atoms with Gasteiger partial charge in [-0.2, -0.15) is 0 Å². The third-order valence-electron chi connectivity index (χ3n) is 3.10. The fourth-order valence-electron chi connectivity index (χ4n) is 2.13. The molecule has 0 saturated heterocycles. The predicted octanol–water partition coefficient (Wildman–Crippen LogP) is 3.83. The van der Waals surface area contributed by atoms with Crippen LogP contribution in [-0.2, 0) is 11.2 Å². The first-order valence-corrected chi connectivity index (χ1v) is 7.16. The molecule has 0 aliphatic rings. The zero-order valence-corrected chi connectivity index (χ0v) is 13.1. The minimum Gasteiger partial charge on any atom is -0.398 e. The molecule has 3 nitrogen and oxygen atoms in total. The van der Waals surface area contributed by atoms with Gasteiger partial charge in [0.1, 0.15) is 0 Å². The molecule has 2 rings (SSSR count). The van der Waals surface area contributed by atoms with Crippen molar-refractivity contribution < 1.29 is 4.79 Å². The van der Waals surface area contributed by atoms with Gasteiger partial charge < -0.3 is 11.1 Å². The number of para-hydroxylation sites is 1. The van der Waals surface area contributed by atoms with Crippen molar-refractivity contribution in [2.75, 3.05) is 11.1 Å². The normalized spacial score (nSPS) is 10.3. The Morgan fingerprint density at radius 1 is 1.25 bits per heavy atom. The van der Waals surface area contributed by atoms with Crippen LogP contribution in [0.1, 0.15) is 16.7 Å². The van der Waals surface area contributed by atoms with Crippen molar-refractivity contribution in [1.82, 2.24) is 0 Å². The SMILES string of the molecule is Cc1cc(C)c(NC(=O)Cc2ccccc2N)c(Br)c1. The Balaban J connectivity index is 2.15. The Bertz CT molecular complexity index is 630. The molecule has 0 aliphatic carbocycles. The van der Waals surface area contributed by atoms with E-state index >= 15 is 0 Å². The van der Waals surface area contributed by atoms with Gasteiger partial charge in [0.05, 0.1) is 12.1 Å². The molecule has 0 spiro atoms. The van der Waals surface area contributed by atoms with E-state index < -0.39 is 0 Å². The quantitative estimate of drug-likeness (QED) is 0.839. The lowest BCUT2D eigenvalue weighted by atomic mass is 10.1. The molecule has 1 amide bonds. The van der Waals surface area contributed by atoms with Crippen LogP contribution in [0.3, 0.4) is 0 Å². The molecule has 4 heteroatoms. The van der Waals surface area contributed by atoms with Gasteiger partial charge in [0.2, 0.25) is 5.91 Å².